The van der Waals surface area contributed by atoms with Gasteiger partial charge in [-0.1, -0.05) is 109 Å². The summed E-state index contributed by atoms with van der Waals surface area (Å²) < 4.78 is 7.56. The van der Waals surface area contributed by atoms with Crippen molar-refractivity contribution in [3.05, 3.63) is 71.6 Å². The zero-order valence-corrected chi connectivity index (χ0v) is 26.8. The number of aromatic nitrogens is 1. The highest BCUT2D eigenvalue weighted by Gasteiger charge is 2.14. The molecule has 1 heterocycles. The van der Waals surface area contributed by atoms with E-state index in [1.807, 2.05) is 108 Å². The Kier molecular flexibility index (Phi) is 27.1. The molecular weight excluding hydrogens is 542 g/mol. The summed E-state index contributed by atoms with van der Waals surface area (Å²) in [7, 11) is 1.79. The Labute approximate surface area is 250 Å². The first-order chi connectivity index (χ1) is 19.5. The fourth-order valence-electron chi connectivity index (χ4n) is 2.87. The first-order valence-electron chi connectivity index (χ1n) is 13.8. The predicted molar refractivity (Wildman–Crippen MR) is 174 cm³/mol. The van der Waals surface area contributed by atoms with Gasteiger partial charge in [-0.3, -0.25) is 19.6 Å². The van der Waals surface area contributed by atoms with Gasteiger partial charge in [-0.2, -0.15) is 0 Å². The number of hydrogen-bond acceptors (Lipinski definition) is 8. The summed E-state index contributed by atoms with van der Waals surface area (Å²) >= 11 is 2.64. The average molecular weight is 592 g/mol. The number of benzene rings is 2. The van der Waals surface area contributed by atoms with E-state index in [2.05, 4.69) is 14.4 Å². The molecule has 224 valence electrons. The van der Waals surface area contributed by atoms with Crippen LogP contribution >= 0.6 is 23.5 Å². The minimum absolute atomic E-state index is 0.111. The number of rotatable bonds is 11. The maximum absolute atomic E-state index is 12.2. The molecule has 3 rings (SSSR count). The first-order valence-corrected chi connectivity index (χ1v) is 15.6. The Morgan fingerprint density at radius 2 is 1.50 bits per heavy atom. The standard InChI is InChI=1S/C16H22N4OS2.C8H9NO2.3C2H6/c1-20(15(21)10-6-3-7-11-18-23-17)16-19-14(12-22-16)13-8-4-2-5-9-13;9-8(10)11-6-7-4-2-1-3-5-7;3*1-2/h2,4-5,8-9,12,18H,3,6-7,10-11,17H2,1H3;1-5H,6H2,(H2,9,10);3*1-2H3. The predicted octanol–water partition coefficient (Wildman–Crippen LogP) is 7.81. The molecule has 0 unspecified atom stereocenters. The van der Waals surface area contributed by atoms with Crippen molar-refractivity contribution in [1.29, 1.82) is 0 Å². The number of hydrogen-bond donors (Lipinski definition) is 3. The Balaban J connectivity index is 0. The highest BCUT2D eigenvalue weighted by molar-refractivity contribution is 7.95. The highest BCUT2D eigenvalue weighted by atomic mass is 32.2. The minimum Gasteiger partial charge on any atom is -0.445 e. The van der Waals surface area contributed by atoms with Crippen LogP contribution in [0, 0.1) is 0 Å². The second-order valence-corrected chi connectivity index (χ2v) is 8.61. The number of anilines is 1. The molecule has 1 aromatic heterocycles. The molecule has 8 nitrogen and oxygen atoms in total. The van der Waals surface area contributed by atoms with Crippen LogP contribution < -0.4 is 20.5 Å². The van der Waals surface area contributed by atoms with Gasteiger partial charge in [-0.05, 0) is 18.4 Å². The number of nitrogens with one attached hydrogen (secondary N) is 1. The van der Waals surface area contributed by atoms with E-state index in [0.29, 0.717) is 6.42 Å². The van der Waals surface area contributed by atoms with E-state index in [4.69, 9.17) is 10.9 Å². The van der Waals surface area contributed by atoms with Crippen molar-refractivity contribution in [1.82, 2.24) is 9.71 Å². The van der Waals surface area contributed by atoms with Gasteiger partial charge in [0.1, 0.15) is 6.61 Å². The summed E-state index contributed by atoms with van der Waals surface area (Å²) in [6.45, 7) is 13.1. The van der Waals surface area contributed by atoms with Crippen LogP contribution in [-0.2, 0) is 16.1 Å². The van der Waals surface area contributed by atoms with E-state index in [-0.39, 0.29) is 12.5 Å². The zero-order chi connectivity index (χ0) is 30.6. The molecule has 5 N–H and O–H groups in total. The summed E-state index contributed by atoms with van der Waals surface area (Å²) in [5.74, 6) is 0.111. The van der Waals surface area contributed by atoms with Gasteiger partial charge in [0, 0.05) is 43.1 Å². The molecule has 40 heavy (non-hydrogen) atoms. The van der Waals surface area contributed by atoms with Gasteiger partial charge >= 0.3 is 6.09 Å². The lowest BCUT2D eigenvalue weighted by molar-refractivity contribution is -0.118. The lowest BCUT2D eigenvalue weighted by Crippen LogP contribution is -2.25. The van der Waals surface area contributed by atoms with Gasteiger partial charge in [0.15, 0.2) is 5.13 Å². The molecule has 0 aliphatic carbocycles. The summed E-state index contributed by atoms with van der Waals surface area (Å²) in [5, 5.41) is 8.01. The van der Waals surface area contributed by atoms with Crippen molar-refractivity contribution in [3.63, 3.8) is 0 Å². The quantitative estimate of drug-likeness (QED) is 0.153. The second kappa shape index (κ2) is 27.6. The molecular formula is C30H49N5O3S2. The van der Waals surface area contributed by atoms with E-state index >= 15 is 0 Å². The molecule has 0 fully saturated rings. The Bertz CT molecular complexity index is 989. The van der Waals surface area contributed by atoms with Gasteiger partial charge in [0.05, 0.1) is 5.69 Å². The third kappa shape index (κ3) is 18.4. The molecule has 0 bridgehead atoms. The minimum atomic E-state index is -0.742. The van der Waals surface area contributed by atoms with Gasteiger partial charge < -0.3 is 10.5 Å². The number of nitrogens with zero attached hydrogens (tertiary/aromatic N) is 2. The maximum atomic E-state index is 12.2. The molecule has 0 spiro atoms. The number of ether oxygens (including phenoxy) is 1. The van der Waals surface area contributed by atoms with Crippen molar-refractivity contribution in [2.45, 2.75) is 73.8 Å². The topological polar surface area (TPSA) is 124 Å². The molecule has 0 aliphatic rings. The number of carbonyl (C=O) groups is 2. The third-order valence-electron chi connectivity index (χ3n) is 4.70. The van der Waals surface area contributed by atoms with Crippen molar-refractivity contribution in [3.8, 4) is 11.3 Å². The van der Waals surface area contributed by atoms with Crippen LogP contribution in [0.3, 0.4) is 0 Å². The van der Waals surface area contributed by atoms with E-state index in [1.54, 1.807) is 11.9 Å². The normalized spacial score (nSPS) is 9.10. The van der Waals surface area contributed by atoms with Crippen molar-refractivity contribution in [2.24, 2.45) is 10.9 Å². The van der Waals surface area contributed by atoms with Crippen LogP contribution in [0.15, 0.2) is 66.0 Å². The summed E-state index contributed by atoms with van der Waals surface area (Å²) in [6, 6.07) is 19.4. The molecule has 3 aromatic rings. The number of nitrogens with two attached hydrogens (primary N) is 2. The molecule has 0 radical (unpaired) electrons. The van der Waals surface area contributed by atoms with Crippen LogP contribution in [0.5, 0.6) is 0 Å². The van der Waals surface area contributed by atoms with Gasteiger partial charge in [-0.25, -0.2) is 9.78 Å². The van der Waals surface area contributed by atoms with Crippen LogP contribution in [0.25, 0.3) is 11.3 Å². The Morgan fingerprint density at radius 3 is 2.05 bits per heavy atom. The molecule has 0 aliphatic heterocycles. The third-order valence-corrected chi connectivity index (χ3v) is 5.99. The van der Waals surface area contributed by atoms with Gasteiger partial charge in [-0.15, -0.1) is 11.3 Å². The van der Waals surface area contributed by atoms with Crippen molar-refractivity contribution >= 4 is 40.6 Å². The number of primary amides is 1. The monoisotopic (exact) mass is 591 g/mol. The molecule has 2 amide bonds. The second-order valence-electron chi connectivity index (χ2n) is 7.25. The Hall–Kier alpha value is -2.92. The number of thiazole rings is 1. The average Bonchev–Trinajstić information content (AvgIpc) is 3.52. The summed E-state index contributed by atoms with van der Waals surface area (Å²) in [4.78, 5) is 28.6. The molecule has 2 aromatic carbocycles. The van der Waals surface area contributed by atoms with E-state index < -0.39 is 6.09 Å². The van der Waals surface area contributed by atoms with E-state index in [0.717, 1.165) is 59.9 Å². The van der Waals surface area contributed by atoms with E-state index in [9.17, 15) is 9.59 Å². The van der Waals surface area contributed by atoms with Crippen LogP contribution in [-0.4, -0.2) is 30.6 Å². The fourth-order valence-corrected chi connectivity index (χ4v) is 3.95. The molecule has 0 saturated carbocycles. The largest absolute Gasteiger partial charge is 0.445 e. The number of unbranched alkanes of at least 4 members (excludes halogenated alkanes) is 2. The maximum Gasteiger partial charge on any atom is 0.404 e. The molecule has 0 saturated heterocycles. The van der Waals surface area contributed by atoms with Crippen LogP contribution in [0.2, 0.25) is 0 Å². The Morgan fingerprint density at radius 1 is 0.925 bits per heavy atom. The van der Waals surface area contributed by atoms with Crippen LogP contribution in [0.1, 0.15) is 72.8 Å². The SMILES string of the molecule is CC.CC.CC.CN(C(=O)CCCCCNSN)c1nc(-c2ccccc2)cs1.NC(=O)OCc1ccccc1. The smallest absolute Gasteiger partial charge is 0.404 e. The molecule has 10 heteroatoms. The summed E-state index contributed by atoms with van der Waals surface area (Å²) in [5.41, 5.74) is 7.70. The van der Waals surface area contributed by atoms with Gasteiger partial charge in [0.2, 0.25) is 5.91 Å². The van der Waals surface area contributed by atoms with E-state index in [1.165, 1.54) is 11.3 Å². The first kappa shape index (κ1) is 39.2. The summed E-state index contributed by atoms with van der Waals surface area (Å²) in [6.07, 6.45) is 2.73. The zero-order valence-electron chi connectivity index (χ0n) is 25.2. The van der Waals surface area contributed by atoms with Gasteiger partial charge in [0.25, 0.3) is 0 Å². The number of carbonyl (C=O) groups excluding carboxylic acids is 2. The van der Waals surface area contributed by atoms with Crippen molar-refractivity contribution < 1.29 is 14.3 Å². The molecule has 0 atom stereocenters. The van der Waals surface area contributed by atoms with Crippen molar-refractivity contribution in [2.75, 3.05) is 18.5 Å². The fraction of sp³-hybridized carbons (Fsp3) is 0.433. The lowest BCUT2D eigenvalue weighted by Gasteiger charge is -2.13. The lowest BCUT2D eigenvalue weighted by atomic mass is 10.2. The highest BCUT2D eigenvalue weighted by Crippen LogP contribution is 2.27. The number of amides is 2. The van der Waals surface area contributed by atoms with Crippen LogP contribution in [0.4, 0.5) is 9.93 Å².